The maximum absolute atomic E-state index is 13.4. The lowest BCUT2D eigenvalue weighted by atomic mass is 9.97. The van der Waals surface area contributed by atoms with E-state index in [1.807, 2.05) is 43.0 Å². The Morgan fingerprint density at radius 1 is 1.25 bits per heavy atom. The van der Waals surface area contributed by atoms with Crippen molar-refractivity contribution in [3.8, 4) is 0 Å². The molecule has 1 fully saturated rings. The number of carboxylic acids is 1. The number of aliphatic carboxylic acids is 1. The molecule has 32 heavy (non-hydrogen) atoms. The van der Waals surface area contributed by atoms with Gasteiger partial charge in [-0.2, -0.15) is 0 Å². The fourth-order valence-electron chi connectivity index (χ4n) is 4.35. The minimum Gasteiger partial charge on any atom is -0.481 e. The third-order valence-corrected chi connectivity index (χ3v) is 6.09. The minimum absolute atomic E-state index is 0.0150. The molecular weight excluding hydrogens is 410 g/mol. The SMILES string of the molecule is CC(C)[C@H](NC(=O)[C@H](C)N)C(=O)N1CCC[C@H]1Cc1c(CCC(=O)O)oc2ccccc12. The number of amides is 2. The molecule has 0 bridgehead atoms. The van der Waals surface area contributed by atoms with E-state index in [0.717, 1.165) is 29.4 Å². The summed E-state index contributed by atoms with van der Waals surface area (Å²) in [7, 11) is 0. The fourth-order valence-corrected chi connectivity index (χ4v) is 4.35. The largest absolute Gasteiger partial charge is 0.481 e. The van der Waals surface area contributed by atoms with Crippen LogP contribution in [0, 0.1) is 5.92 Å². The molecule has 2 heterocycles. The number of furan rings is 1. The van der Waals surface area contributed by atoms with Gasteiger partial charge in [-0.25, -0.2) is 0 Å². The van der Waals surface area contributed by atoms with E-state index in [0.29, 0.717) is 25.1 Å². The molecule has 3 rings (SSSR count). The van der Waals surface area contributed by atoms with E-state index in [2.05, 4.69) is 5.32 Å². The van der Waals surface area contributed by atoms with E-state index < -0.39 is 18.1 Å². The second-order valence-corrected chi connectivity index (χ2v) is 8.94. The van der Waals surface area contributed by atoms with Gasteiger partial charge in [0.1, 0.15) is 17.4 Å². The number of aryl methyl sites for hydroxylation is 1. The molecule has 1 saturated heterocycles. The summed E-state index contributed by atoms with van der Waals surface area (Å²) in [6.45, 7) is 6.03. The molecule has 0 spiro atoms. The van der Waals surface area contributed by atoms with Crippen LogP contribution in [0.5, 0.6) is 0 Å². The summed E-state index contributed by atoms with van der Waals surface area (Å²) in [6, 6.07) is 6.29. The lowest BCUT2D eigenvalue weighted by molar-refractivity contribution is -0.138. The van der Waals surface area contributed by atoms with E-state index in [4.69, 9.17) is 15.3 Å². The van der Waals surface area contributed by atoms with Gasteiger partial charge in [-0.3, -0.25) is 14.4 Å². The van der Waals surface area contributed by atoms with E-state index in [1.165, 1.54) is 0 Å². The summed E-state index contributed by atoms with van der Waals surface area (Å²) in [5.74, 6) is -0.731. The third-order valence-electron chi connectivity index (χ3n) is 6.09. The normalized spacial score (nSPS) is 18.2. The predicted octanol–water partition coefficient (Wildman–Crippen LogP) is 2.47. The second-order valence-electron chi connectivity index (χ2n) is 8.94. The number of fused-ring (bicyclic) bond motifs is 1. The predicted molar refractivity (Wildman–Crippen MR) is 121 cm³/mol. The van der Waals surface area contributed by atoms with Crippen molar-refractivity contribution in [2.45, 2.75) is 71.0 Å². The number of rotatable bonds is 9. The maximum atomic E-state index is 13.4. The number of likely N-dealkylation sites (tertiary alicyclic amines) is 1. The van der Waals surface area contributed by atoms with Gasteiger partial charge in [-0.1, -0.05) is 32.0 Å². The molecule has 8 nitrogen and oxygen atoms in total. The fraction of sp³-hybridized carbons (Fsp3) is 0.542. The van der Waals surface area contributed by atoms with Gasteiger partial charge in [0.05, 0.1) is 12.5 Å². The van der Waals surface area contributed by atoms with Crippen LogP contribution in [-0.4, -0.2) is 52.5 Å². The van der Waals surface area contributed by atoms with Crippen LogP contribution < -0.4 is 11.1 Å². The number of hydrogen-bond acceptors (Lipinski definition) is 5. The van der Waals surface area contributed by atoms with Gasteiger partial charge in [0.25, 0.3) is 0 Å². The summed E-state index contributed by atoms with van der Waals surface area (Å²) in [4.78, 5) is 38.6. The van der Waals surface area contributed by atoms with Crippen LogP contribution >= 0.6 is 0 Å². The Hall–Kier alpha value is -2.87. The van der Waals surface area contributed by atoms with Crippen LogP contribution in [0.1, 0.15) is 51.4 Å². The molecule has 174 valence electrons. The Morgan fingerprint density at radius 2 is 1.97 bits per heavy atom. The Kier molecular flexibility index (Phi) is 7.56. The zero-order chi connectivity index (χ0) is 23.4. The Bertz CT molecular complexity index is 981. The maximum Gasteiger partial charge on any atom is 0.303 e. The van der Waals surface area contributed by atoms with Crippen molar-refractivity contribution < 1.29 is 23.9 Å². The summed E-state index contributed by atoms with van der Waals surface area (Å²) in [5.41, 5.74) is 7.38. The van der Waals surface area contributed by atoms with Crippen molar-refractivity contribution >= 4 is 28.8 Å². The molecule has 4 N–H and O–H groups in total. The molecule has 0 radical (unpaired) electrons. The number of nitrogens with zero attached hydrogens (tertiary/aromatic N) is 1. The van der Waals surface area contributed by atoms with E-state index in [-0.39, 0.29) is 30.2 Å². The van der Waals surface area contributed by atoms with Crippen molar-refractivity contribution in [3.63, 3.8) is 0 Å². The molecule has 1 aliphatic rings. The number of benzene rings is 1. The van der Waals surface area contributed by atoms with Crippen LogP contribution in [0.2, 0.25) is 0 Å². The van der Waals surface area contributed by atoms with Crippen molar-refractivity contribution in [1.82, 2.24) is 10.2 Å². The number of hydrogen-bond donors (Lipinski definition) is 3. The highest BCUT2D eigenvalue weighted by molar-refractivity contribution is 5.90. The summed E-state index contributed by atoms with van der Waals surface area (Å²) in [5, 5.41) is 12.9. The number of carboxylic acid groups (broad SMARTS) is 1. The number of para-hydroxylation sites is 1. The van der Waals surface area contributed by atoms with Gasteiger partial charge >= 0.3 is 5.97 Å². The quantitative estimate of drug-likeness (QED) is 0.547. The van der Waals surface area contributed by atoms with Gasteiger partial charge in [-0.15, -0.1) is 0 Å². The molecule has 0 saturated carbocycles. The molecule has 2 aromatic rings. The Balaban J connectivity index is 1.84. The molecule has 1 aromatic heterocycles. The molecule has 0 aliphatic carbocycles. The van der Waals surface area contributed by atoms with Gasteiger partial charge in [0.2, 0.25) is 11.8 Å². The van der Waals surface area contributed by atoms with Crippen LogP contribution in [0.4, 0.5) is 0 Å². The standard InChI is InChI=1S/C24H33N3O5/c1-14(2)22(26-23(30)15(3)25)24(31)27-12-6-7-16(27)13-18-17-8-4-5-9-19(17)32-20(18)10-11-21(28)29/h4-5,8-9,14-16,22H,6-7,10-13,25H2,1-3H3,(H,26,30)(H,28,29)/t15-,16-,22-/m0/s1. The molecule has 8 heteroatoms. The zero-order valence-electron chi connectivity index (χ0n) is 19.0. The summed E-state index contributed by atoms with van der Waals surface area (Å²) < 4.78 is 5.98. The zero-order valence-corrected chi connectivity index (χ0v) is 19.0. The average Bonchev–Trinajstić information content (AvgIpc) is 3.34. The topological polar surface area (TPSA) is 126 Å². The Labute approximate surface area is 188 Å². The monoisotopic (exact) mass is 443 g/mol. The highest BCUT2D eigenvalue weighted by Gasteiger charge is 2.36. The smallest absolute Gasteiger partial charge is 0.303 e. The Morgan fingerprint density at radius 3 is 2.62 bits per heavy atom. The molecule has 1 aromatic carbocycles. The van der Waals surface area contributed by atoms with Gasteiger partial charge in [0.15, 0.2) is 0 Å². The number of nitrogens with one attached hydrogen (secondary N) is 1. The second kappa shape index (κ2) is 10.2. The van der Waals surface area contributed by atoms with Crippen LogP contribution in [-0.2, 0) is 27.2 Å². The van der Waals surface area contributed by atoms with Crippen LogP contribution in [0.25, 0.3) is 11.0 Å². The average molecular weight is 444 g/mol. The number of nitrogens with two attached hydrogens (primary N) is 1. The first-order chi connectivity index (χ1) is 15.2. The van der Waals surface area contributed by atoms with Crippen LogP contribution in [0.3, 0.4) is 0 Å². The highest BCUT2D eigenvalue weighted by atomic mass is 16.4. The first-order valence-corrected chi connectivity index (χ1v) is 11.3. The van der Waals surface area contributed by atoms with Gasteiger partial charge in [0, 0.05) is 30.0 Å². The molecule has 0 unspecified atom stereocenters. The molecular formula is C24H33N3O5. The van der Waals surface area contributed by atoms with Crippen molar-refractivity contribution in [3.05, 3.63) is 35.6 Å². The molecule has 2 amide bonds. The minimum atomic E-state index is -0.876. The van der Waals surface area contributed by atoms with E-state index in [1.54, 1.807) is 6.92 Å². The number of carbonyl (C=O) groups excluding carboxylic acids is 2. The van der Waals surface area contributed by atoms with Crippen LogP contribution in [0.15, 0.2) is 28.7 Å². The van der Waals surface area contributed by atoms with Crippen molar-refractivity contribution in [1.29, 1.82) is 0 Å². The van der Waals surface area contributed by atoms with Crippen molar-refractivity contribution in [2.24, 2.45) is 11.7 Å². The third kappa shape index (κ3) is 5.30. The van der Waals surface area contributed by atoms with Gasteiger partial charge < -0.3 is 25.5 Å². The highest BCUT2D eigenvalue weighted by Crippen LogP contribution is 2.31. The van der Waals surface area contributed by atoms with E-state index in [9.17, 15) is 14.4 Å². The lowest BCUT2D eigenvalue weighted by Crippen LogP contribution is -2.55. The molecule has 3 atom stereocenters. The number of carbonyl (C=O) groups is 3. The van der Waals surface area contributed by atoms with Crippen molar-refractivity contribution in [2.75, 3.05) is 6.54 Å². The summed E-state index contributed by atoms with van der Waals surface area (Å²) >= 11 is 0. The first kappa shape index (κ1) is 23.8. The lowest BCUT2D eigenvalue weighted by Gasteiger charge is -2.31. The van der Waals surface area contributed by atoms with Gasteiger partial charge in [-0.05, 0) is 38.2 Å². The first-order valence-electron chi connectivity index (χ1n) is 11.3. The summed E-state index contributed by atoms with van der Waals surface area (Å²) in [6.07, 6.45) is 2.60. The van der Waals surface area contributed by atoms with E-state index >= 15 is 0 Å². The molecule has 1 aliphatic heterocycles.